The number of carbonyl (C=O) groups is 2. The molecule has 0 fully saturated rings. The summed E-state index contributed by atoms with van der Waals surface area (Å²) in [5.74, 6) is -0.535. The average Bonchev–Trinajstić information content (AvgIpc) is 2.48. The quantitative estimate of drug-likeness (QED) is 0.768. The molecule has 8 heteroatoms. The van der Waals surface area contributed by atoms with Gasteiger partial charge in [-0.15, -0.1) is 0 Å². The maximum Gasteiger partial charge on any atom is 0.243 e. The van der Waals surface area contributed by atoms with Gasteiger partial charge in [-0.1, -0.05) is 19.4 Å². The lowest BCUT2D eigenvalue weighted by Crippen LogP contribution is -2.41. The number of sulfonamides is 1. The summed E-state index contributed by atoms with van der Waals surface area (Å²) >= 11 is 0. The summed E-state index contributed by atoms with van der Waals surface area (Å²) in [6.07, 6.45) is 2.86. The number of anilines is 2. The SMILES string of the molecule is CCCCN(C)C(=O)CN(c1cccc(NC(C)=O)c1)S(C)(=O)=O. The Bertz CT molecular complexity index is 688. The van der Waals surface area contributed by atoms with Crippen LogP contribution in [-0.4, -0.2) is 51.5 Å². The lowest BCUT2D eigenvalue weighted by molar-refractivity contribution is -0.128. The third-order valence-electron chi connectivity index (χ3n) is 3.41. The first-order valence-electron chi connectivity index (χ1n) is 7.74. The summed E-state index contributed by atoms with van der Waals surface area (Å²) in [7, 11) is -1.98. The fourth-order valence-electron chi connectivity index (χ4n) is 2.11. The Hall–Kier alpha value is -2.09. The second-order valence-electron chi connectivity index (χ2n) is 5.67. The van der Waals surface area contributed by atoms with E-state index in [9.17, 15) is 18.0 Å². The van der Waals surface area contributed by atoms with E-state index in [4.69, 9.17) is 0 Å². The summed E-state index contributed by atoms with van der Waals surface area (Å²) in [4.78, 5) is 25.0. The van der Waals surface area contributed by atoms with Crippen LogP contribution in [0.3, 0.4) is 0 Å². The van der Waals surface area contributed by atoms with Gasteiger partial charge < -0.3 is 10.2 Å². The van der Waals surface area contributed by atoms with E-state index in [0.29, 0.717) is 17.9 Å². The highest BCUT2D eigenvalue weighted by Gasteiger charge is 2.22. The van der Waals surface area contributed by atoms with Crippen molar-refractivity contribution in [2.45, 2.75) is 26.7 Å². The fraction of sp³-hybridized carbons (Fsp3) is 0.500. The lowest BCUT2D eigenvalue weighted by Gasteiger charge is -2.25. The van der Waals surface area contributed by atoms with E-state index in [2.05, 4.69) is 5.32 Å². The van der Waals surface area contributed by atoms with E-state index in [1.807, 2.05) is 6.92 Å². The number of hydrogen-bond acceptors (Lipinski definition) is 4. The van der Waals surface area contributed by atoms with Crippen molar-refractivity contribution in [1.82, 2.24) is 4.90 Å². The molecular formula is C16H25N3O4S. The smallest absolute Gasteiger partial charge is 0.243 e. The number of nitrogens with one attached hydrogen (secondary N) is 1. The van der Waals surface area contributed by atoms with E-state index >= 15 is 0 Å². The van der Waals surface area contributed by atoms with Crippen molar-refractivity contribution in [3.63, 3.8) is 0 Å². The van der Waals surface area contributed by atoms with Gasteiger partial charge in [-0.05, 0) is 24.6 Å². The number of hydrogen-bond donors (Lipinski definition) is 1. The zero-order chi connectivity index (χ0) is 18.3. The normalized spacial score (nSPS) is 11.0. The number of unbranched alkanes of at least 4 members (excludes halogenated alkanes) is 1. The summed E-state index contributed by atoms with van der Waals surface area (Å²) in [6.45, 7) is 3.70. The number of rotatable bonds is 8. The van der Waals surface area contributed by atoms with E-state index in [1.54, 1.807) is 25.2 Å². The molecule has 7 nitrogen and oxygen atoms in total. The molecule has 0 aromatic heterocycles. The molecule has 0 aliphatic rings. The highest BCUT2D eigenvalue weighted by Crippen LogP contribution is 2.22. The van der Waals surface area contributed by atoms with E-state index in [0.717, 1.165) is 23.4 Å². The molecule has 0 radical (unpaired) electrons. The molecule has 2 amide bonds. The molecule has 1 rings (SSSR count). The van der Waals surface area contributed by atoms with Crippen LogP contribution in [0.4, 0.5) is 11.4 Å². The van der Waals surface area contributed by atoms with Crippen molar-refractivity contribution in [1.29, 1.82) is 0 Å². The first-order chi connectivity index (χ1) is 11.1. The van der Waals surface area contributed by atoms with Gasteiger partial charge in [-0.2, -0.15) is 0 Å². The molecule has 0 heterocycles. The Balaban J connectivity index is 3.03. The van der Waals surface area contributed by atoms with Gasteiger partial charge in [0, 0.05) is 26.2 Å². The van der Waals surface area contributed by atoms with Crippen molar-refractivity contribution in [3.05, 3.63) is 24.3 Å². The topological polar surface area (TPSA) is 86.8 Å². The van der Waals surface area contributed by atoms with Crippen LogP contribution in [0.5, 0.6) is 0 Å². The van der Waals surface area contributed by atoms with Gasteiger partial charge in [0.1, 0.15) is 6.54 Å². The molecule has 0 spiro atoms. The van der Waals surface area contributed by atoms with Crippen LogP contribution >= 0.6 is 0 Å². The Kier molecular flexibility index (Phi) is 7.21. The summed E-state index contributed by atoms with van der Waals surface area (Å²) < 4.78 is 25.3. The molecule has 0 aliphatic carbocycles. The minimum Gasteiger partial charge on any atom is -0.344 e. The van der Waals surface area contributed by atoms with Gasteiger partial charge >= 0.3 is 0 Å². The van der Waals surface area contributed by atoms with Crippen molar-refractivity contribution in [2.75, 3.05) is 36.0 Å². The largest absolute Gasteiger partial charge is 0.344 e. The third kappa shape index (κ3) is 6.19. The van der Waals surface area contributed by atoms with Crippen LogP contribution in [0, 0.1) is 0 Å². The van der Waals surface area contributed by atoms with Crippen LogP contribution in [-0.2, 0) is 19.6 Å². The molecular weight excluding hydrogens is 330 g/mol. The molecule has 0 atom stereocenters. The number of likely N-dealkylation sites (N-methyl/N-ethyl adjacent to an activating group) is 1. The summed E-state index contributed by atoms with van der Waals surface area (Å²) in [6, 6.07) is 6.40. The second-order valence-corrected chi connectivity index (χ2v) is 7.58. The zero-order valence-electron chi connectivity index (χ0n) is 14.6. The first-order valence-corrected chi connectivity index (χ1v) is 9.59. The molecule has 134 valence electrons. The third-order valence-corrected chi connectivity index (χ3v) is 4.55. The molecule has 1 aromatic rings. The van der Waals surface area contributed by atoms with Gasteiger partial charge in [0.2, 0.25) is 21.8 Å². The first kappa shape index (κ1) is 20.0. The number of amides is 2. The molecule has 1 aromatic carbocycles. The predicted octanol–water partition coefficient (Wildman–Crippen LogP) is 1.67. The zero-order valence-corrected chi connectivity index (χ0v) is 15.4. The van der Waals surface area contributed by atoms with Crippen molar-refractivity contribution >= 4 is 33.2 Å². The van der Waals surface area contributed by atoms with Crippen molar-refractivity contribution in [3.8, 4) is 0 Å². The van der Waals surface area contributed by atoms with Crippen LogP contribution in [0.2, 0.25) is 0 Å². The van der Waals surface area contributed by atoms with Crippen LogP contribution in [0.1, 0.15) is 26.7 Å². The number of carbonyl (C=O) groups excluding carboxylic acids is 2. The summed E-state index contributed by atoms with van der Waals surface area (Å²) in [5.41, 5.74) is 0.807. The van der Waals surface area contributed by atoms with Crippen LogP contribution in [0.25, 0.3) is 0 Å². The highest BCUT2D eigenvalue weighted by molar-refractivity contribution is 7.92. The molecule has 0 bridgehead atoms. The average molecular weight is 355 g/mol. The Morgan fingerprint density at radius 3 is 2.46 bits per heavy atom. The fourth-order valence-corrected chi connectivity index (χ4v) is 2.95. The molecule has 0 aliphatic heterocycles. The highest BCUT2D eigenvalue weighted by atomic mass is 32.2. The Labute approximate surface area is 143 Å². The number of benzene rings is 1. The van der Waals surface area contributed by atoms with Crippen LogP contribution in [0.15, 0.2) is 24.3 Å². The lowest BCUT2D eigenvalue weighted by atomic mass is 10.2. The minimum atomic E-state index is -3.64. The predicted molar refractivity (Wildman–Crippen MR) is 95.5 cm³/mol. The molecule has 1 N–H and O–H groups in total. The molecule has 24 heavy (non-hydrogen) atoms. The molecule has 0 unspecified atom stereocenters. The second kappa shape index (κ2) is 8.68. The summed E-state index contributed by atoms with van der Waals surface area (Å²) in [5, 5.41) is 2.60. The minimum absolute atomic E-state index is 0.256. The number of nitrogens with zero attached hydrogens (tertiary/aromatic N) is 2. The Morgan fingerprint density at radius 1 is 1.25 bits per heavy atom. The van der Waals surface area contributed by atoms with Crippen molar-refractivity contribution < 1.29 is 18.0 Å². The van der Waals surface area contributed by atoms with E-state index in [1.165, 1.54) is 17.9 Å². The van der Waals surface area contributed by atoms with Gasteiger partial charge in [0.25, 0.3) is 0 Å². The Morgan fingerprint density at radius 2 is 1.92 bits per heavy atom. The van der Waals surface area contributed by atoms with Gasteiger partial charge in [0.15, 0.2) is 0 Å². The standard InChI is InChI=1S/C16H25N3O4S/c1-5-6-10-18(3)16(21)12-19(24(4,22)23)15-9-7-8-14(11-15)17-13(2)20/h7-9,11H,5-6,10,12H2,1-4H3,(H,17,20). The van der Waals surface area contributed by atoms with Gasteiger partial charge in [0.05, 0.1) is 11.9 Å². The van der Waals surface area contributed by atoms with E-state index in [-0.39, 0.29) is 18.4 Å². The van der Waals surface area contributed by atoms with Gasteiger partial charge in [-0.3, -0.25) is 13.9 Å². The maximum absolute atomic E-state index is 12.3. The van der Waals surface area contributed by atoms with Crippen molar-refractivity contribution in [2.24, 2.45) is 0 Å². The van der Waals surface area contributed by atoms with Crippen LogP contribution < -0.4 is 9.62 Å². The van der Waals surface area contributed by atoms with Gasteiger partial charge in [-0.25, -0.2) is 8.42 Å². The molecule has 0 saturated carbocycles. The molecule has 0 saturated heterocycles. The monoisotopic (exact) mass is 355 g/mol. The van der Waals surface area contributed by atoms with E-state index < -0.39 is 10.0 Å². The maximum atomic E-state index is 12.3.